The molecule has 2 fully saturated rings. The first-order valence-corrected chi connectivity index (χ1v) is 8.99. The summed E-state index contributed by atoms with van der Waals surface area (Å²) in [6.07, 6.45) is 3.48. The number of nitrogens with one attached hydrogen (secondary N) is 2. The first-order valence-electron chi connectivity index (χ1n) is 8.99. The minimum Gasteiger partial charge on any atom is -0.497 e. The van der Waals surface area contributed by atoms with E-state index in [0.29, 0.717) is 23.0 Å². The van der Waals surface area contributed by atoms with Crippen LogP contribution in [0, 0.1) is 11.3 Å². The van der Waals surface area contributed by atoms with Crippen molar-refractivity contribution in [3.63, 3.8) is 0 Å². The normalized spacial score (nSPS) is 25.6. The predicted molar refractivity (Wildman–Crippen MR) is 102 cm³/mol. The molecule has 0 radical (unpaired) electrons. The van der Waals surface area contributed by atoms with E-state index in [0.717, 1.165) is 32.4 Å². The number of hydrogen-bond donors (Lipinski definition) is 3. The molecule has 1 saturated carbocycles. The van der Waals surface area contributed by atoms with Crippen molar-refractivity contribution in [1.29, 1.82) is 0 Å². The third-order valence-corrected chi connectivity index (χ3v) is 5.74. The summed E-state index contributed by atoms with van der Waals surface area (Å²) in [5.74, 6) is 1.69. The Morgan fingerprint density at radius 3 is 2.92 bits per heavy atom. The Balaban J connectivity index is 0.00000243. The lowest BCUT2D eigenvalue weighted by Crippen LogP contribution is -2.48. The van der Waals surface area contributed by atoms with Crippen LogP contribution in [-0.4, -0.2) is 44.9 Å². The van der Waals surface area contributed by atoms with Gasteiger partial charge in [-0.3, -0.25) is 4.79 Å². The molecule has 1 heterocycles. The molecule has 146 valence electrons. The van der Waals surface area contributed by atoms with Crippen molar-refractivity contribution < 1.29 is 19.4 Å². The third-order valence-electron chi connectivity index (χ3n) is 5.74. The second kappa shape index (κ2) is 8.93. The molecule has 1 aliphatic heterocycles. The third kappa shape index (κ3) is 3.92. The van der Waals surface area contributed by atoms with E-state index in [2.05, 4.69) is 10.6 Å². The molecule has 1 aromatic carbocycles. The highest BCUT2D eigenvalue weighted by Crippen LogP contribution is 2.44. The number of amides is 1. The van der Waals surface area contributed by atoms with E-state index < -0.39 is 6.10 Å². The molecule has 0 bridgehead atoms. The van der Waals surface area contributed by atoms with Crippen molar-refractivity contribution >= 4 is 18.3 Å². The number of fused-ring (bicyclic) bond motifs is 1. The van der Waals surface area contributed by atoms with E-state index >= 15 is 0 Å². The van der Waals surface area contributed by atoms with Crippen LogP contribution in [0.2, 0.25) is 0 Å². The number of methoxy groups -OCH3 is 2. The monoisotopic (exact) mass is 384 g/mol. The van der Waals surface area contributed by atoms with Gasteiger partial charge in [0.15, 0.2) is 0 Å². The fourth-order valence-corrected chi connectivity index (χ4v) is 4.27. The topological polar surface area (TPSA) is 79.8 Å². The Morgan fingerprint density at radius 1 is 1.38 bits per heavy atom. The van der Waals surface area contributed by atoms with E-state index in [-0.39, 0.29) is 30.3 Å². The van der Waals surface area contributed by atoms with Crippen LogP contribution in [-0.2, 0) is 4.79 Å². The van der Waals surface area contributed by atoms with Crippen molar-refractivity contribution in [1.82, 2.24) is 10.6 Å². The molecule has 7 heteroatoms. The summed E-state index contributed by atoms with van der Waals surface area (Å²) >= 11 is 0. The van der Waals surface area contributed by atoms with Gasteiger partial charge >= 0.3 is 0 Å². The van der Waals surface area contributed by atoms with Gasteiger partial charge in [0.1, 0.15) is 11.5 Å². The number of rotatable bonds is 6. The second-order valence-electron chi connectivity index (χ2n) is 7.06. The predicted octanol–water partition coefficient (Wildman–Crippen LogP) is 2.06. The van der Waals surface area contributed by atoms with Gasteiger partial charge in [-0.15, -0.1) is 12.4 Å². The molecule has 1 aliphatic carbocycles. The van der Waals surface area contributed by atoms with Crippen LogP contribution in [0.25, 0.3) is 0 Å². The van der Waals surface area contributed by atoms with Gasteiger partial charge in [-0.05, 0) is 43.5 Å². The summed E-state index contributed by atoms with van der Waals surface area (Å²) in [6, 6.07) is 5.29. The summed E-state index contributed by atoms with van der Waals surface area (Å²) < 4.78 is 10.5. The van der Waals surface area contributed by atoms with Crippen molar-refractivity contribution in [3.05, 3.63) is 23.8 Å². The number of aliphatic hydroxyl groups excluding tert-OH is 1. The van der Waals surface area contributed by atoms with Gasteiger partial charge in [-0.2, -0.15) is 0 Å². The SMILES string of the molecule is COc1ccc(OC)c(C(O)CNC(=O)[C@@]23CCCC[C@H]2CNC3)c1.Cl. The fraction of sp³-hybridized carbons (Fsp3) is 0.632. The van der Waals surface area contributed by atoms with Gasteiger partial charge in [0.25, 0.3) is 0 Å². The standard InChI is InChI=1S/C19H28N2O4.ClH/c1-24-14-6-7-17(25-2)15(9-14)16(22)11-21-18(23)19-8-4-3-5-13(19)10-20-12-19;/h6-7,9,13,16,20,22H,3-5,8,10-12H2,1-2H3,(H,21,23);1H/t13-,16?,19+;/m0./s1. The highest BCUT2D eigenvalue weighted by atomic mass is 35.5. The Kier molecular flexibility index (Phi) is 7.15. The zero-order valence-electron chi connectivity index (χ0n) is 15.4. The van der Waals surface area contributed by atoms with Crippen LogP contribution in [0.15, 0.2) is 18.2 Å². The number of aliphatic hydroxyl groups is 1. The zero-order valence-corrected chi connectivity index (χ0v) is 16.2. The summed E-state index contributed by atoms with van der Waals surface area (Å²) in [7, 11) is 3.14. The molecule has 1 unspecified atom stereocenters. The average molecular weight is 385 g/mol. The van der Waals surface area contributed by atoms with E-state index in [4.69, 9.17) is 9.47 Å². The molecular weight excluding hydrogens is 356 g/mol. The van der Waals surface area contributed by atoms with Crippen LogP contribution in [0.4, 0.5) is 0 Å². The Morgan fingerprint density at radius 2 is 2.19 bits per heavy atom. The van der Waals surface area contributed by atoms with E-state index in [1.54, 1.807) is 32.4 Å². The first kappa shape index (κ1) is 20.8. The molecule has 1 amide bonds. The van der Waals surface area contributed by atoms with Gasteiger partial charge in [0.2, 0.25) is 5.91 Å². The van der Waals surface area contributed by atoms with Gasteiger partial charge in [-0.25, -0.2) is 0 Å². The second-order valence-corrected chi connectivity index (χ2v) is 7.06. The van der Waals surface area contributed by atoms with Crippen molar-refractivity contribution in [3.8, 4) is 11.5 Å². The molecular formula is C19H29ClN2O4. The lowest BCUT2D eigenvalue weighted by molar-refractivity contribution is -0.134. The smallest absolute Gasteiger partial charge is 0.227 e. The van der Waals surface area contributed by atoms with E-state index in [9.17, 15) is 9.90 Å². The Labute approximate surface area is 161 Å². The molecule has 1 aromatic rings. The minimum atomic E-state index is -0.846. The number of carbonyl (C=O) groups is 1. The molecule has 0 aromatic heterocycles. The van der Waals surface area contributed by atoms with Gasteiger partial charge < -0.3 is 25.2 Å². The fourth-order valence-electron chi connectivity index (χ4n) is 4.27. The summed E-state index contributed by atoms with van der Waals surface area (Å²) in [4.78, 5) is 12.9. The molecule has 3 rings (SSSR count). The first-order chi connectivity index (χ1) is 12.1. The quantitative estimate of drug-likeness (QED) is 0.699. The lowest BCUT2D eigenvalue weighted by Gasteiger charge is -2.37. The maximum absolute atomic E-state index is 12.9. The lowest BCUT2D eigenvalue weighted by atomic mass is 9.67. The highest BCUT2D eigenvalue weighted by molar-refractivity contribution is 5.85. The van der Waals surface area contributed by atoms with Gasteiger partial charge in [0, 0.05) is 18.7 Å². The number of hydrogen-bond acceptors (Lipinski definition) is 5. The summed E-state index contributed by atoms with van der Waals surface area (Å²) in [5.41, 5.74) is 0.306. The average Bonchev–Trinajstić information content (AvgIpc) is 3.10. The van der Waals surface area contributed by atoms with Crippen LogP contribution >= 0.6 is 12.4 Å². The Hall–Kier alpha value is -1.50. The number of carbonyl (C=O) groups excluding carboxylic acids is 1. The van der Waals surface area contributed by atoms with Crippen LogP contribution < -0.4 is 20.1 Å². The molecule has 3 atom stereocenters. The number of ether oxygens (including phenoxy) is 2. The zero-order chi connectivity index (χ0) is 17.9. The highest BCUT2D eigenvalue weighted by Gasteiger charge is 2.49. The maximum atomic E-state index is 12.9. The van der Waals surface area contributed by atoms with E-state index in [1.165, 1.54) is 6.42 Å². The number of benzene rings is 1. The minimum absolute atomic E-state index is 0. The molecule has 0 spiro atoms. The van der Waals surface area contributed by atoms with Gasteiger partial charge in [-0.1, -0.05) is 12.8 Å². The number of halogens is 1. The van der Waals surface area contributed by atoms with Crippen LogP contribution in [0.5, 0.6) is 11.5 Å². The maximum Gasteiger partial charge on any atom is 0.227 e. The molecule has 6 nitrogen and oxygen atoms in total. The van der Waals surface area contributed by atoms with E-state index in [1.807, 2.05) is 0 Å². The molecule has 3 N–H and O–H groups in total. The van der Waals surface area contributed by atoms with Crippen molar-refractivity contribution in [2.45, 2.75) is 31.8 Å². The van der Waals surface area contributed by atoms with Crippen LogP contribution in [0.3, 0.4) is 0 Å². The van der Waals surface area contributed by atoms with Crippen molar-refractivity contribution in [2.75, 3.05) is 33.9 Å². The Bertz CT molecular complexity index is 628. The molecule has 26 heavy (non-hydrogen) atoms. The summed E-state index contributed by atoms with van der Waals surface area (Å²) in [5, 5.41) is 16.9. The molecule has 2 aliphatic rings. The van der Waals surface area contributed by atoms with Crippen molar-refractivity contribution in [2.24, 2.45) is 11.3 Å². The van der Waals surface area contributed by atoms with Gasteiger partial charge in [0.05, 0.1) is 25.7 Å². The largest absolute Gasteiger partial charge is 0.497 e. The molecule has 1 saturated heterocycles. The summed E-state index contributed by atoms with van der Waals surface area (Å²) in [6.45, 7) is 1.82. The van der Waals surface area contributed by atoms with Crippen LogP contribution in [0.1, 0.15) is 37.4 Å².